The molecule has 1 fully saturated rings. The van der Waals surface area contributed by atoms with Crippen LogP contribution >= 0.6 is 0 Å². The van der Waals surface area contributed by atoms with Gasteiger partial charge in [-0.05, 0) is 93.7 Å². The molecule has 3 atom stereocenters. The van der Waals surface area contributed by atoms with E-state index in [2.05, 4.69) is 10.3 Å². The Morgan fingerprint density at radius 3 is 2.20 bits per heavy atom. The third-order valence-corrected chi connectivity index (χ3v) is 6.47. The third-order valence-electron chi connectivity index (χ3n) is 6.47. The van der Waals surface area contributed by atoms with E-state index >= 15 is 0 Å². The maximum Gasteiger partial charge on any atom is 0.509 e. The van der Waals surface area contributed by atoms with Crippen LogP contribution in [0.2, 0.25) is 0 Å². The summed E-state index contributed by atoms with van der Waals surface area (Å²) in [5.74, 6) is -0.0443. The molecule has 0 unspecified atom stereocenters. The lowest BCUT2D eigenvalue weighted by atomic mass is 10.0. The van der Waals surface area contributed by atoms with E-state index in [9.17, 15) is 14.4 Å². The molecule has 1 aliphatic rings. The van der Waals surface area contributed by atoms with Crippen LogP contribution < -0.4 is 4.74 Å². The lowest BCUT2D eigenvalue weighted by Crippen LogP contribution is -2.45. The number of likely N-dealkylation sites (tertiary alicyclic amines) is 1. The van der Waals surface area contributed by atoms with Gasteiger partial charge in [0.25, 0.3) is 0 Å². The van der Waals surface area contributed by atoms with Gasteiger partial charge in [0, 0.05) is 0 Å². The van der Waals surface area contributed by atoms with Gasteiger partial charge in [0.2, 0.25) is 0 Å². The standard InChI is InChI=1S/C31H39N3O10/c1-30(2,3)42-28(36)34-16-25(40-29(37)43-31(4,5)6)27(24(34)15-19-8-11-21(38-7)12-9-19)41-26(35)18-39-17-20-10-13-22-23(14-20)33-44-32-22/h8-14,24-25,27H,15-18H2,1-7H3/t24-,25+,27+/m1/s1. The normalized spacial score (nSPS) is 18.6. The van der Waals surface area contributed by atoms with E-state index < -0.39 is 54.3 Å². The largest absolute Gasteiger partial charge is 0.509 e. The summed E-state index contributed by atoms with van der Waals surface area (Å²) in [7, 11) is 1.57. The van der Waals surface area contributed by atoms with Gasteiger partial charge < -0.3 is 28.4 Å². The van der Waals surface area contributed by atoms with Crippen molar-refractivity contribution in [1.29, 1.82) is 0 Å². The Balaban J connectivity index is 1.54. The smallest absolute Gasteiger partial charge is 0.497 e. The van der Waals surface area contributed by atoms with Crippen molar-refractivity contribution in [3.63, 3.8) is 0 Å². The second-order valence-electron chi connectivity index (χ2n) is 12.4. The van der Waals surface area contributed by atoms with Gasteiger partial charge in [0.1, 0.15) is 34.6 Å². The Morgan fingerprint density at radius 1 is 0.886 bits per heavy atom. The molecule has 1 aliphatic heterocycles. The number of benzene rings is 2. The Bertz CT molecular complexity index is 1440. The fraction of sp³-hybridized carbons (Fsp3) is 0.516. The summed E-state index contributed by atoms with van der Waals surface area (Å²) < 4.78 is 38.1. The van der Waals surface area contributed by atoms with E-state index in [1.54, 1.807) is 79.0 Å². The molecule has 1 amide bonds. The Labute approximate surface area is 255 Å². The number of ether oxygens (including phenoxy) is 6. The van der Waals surface area contributed by atoms with E-state index in [0.29, 0.717) is 16.8 Å². The maximum atomic E-state index is 13.4. The highest BCUT2D eigenvalue weighted by Crippen LogP contribution is 2.30. The van der Waals surface area contributed by atoms with E-state index in [1.165, 1.54) is 4.90 Å². The van der Waals surface area contributed by atoms with Crippen LogP contribution in [0.25, 0.3) is 11.0 Å². The first kappa shape index (κ1) is 32.5. The highest BCUT2D eigenvalue weighted by molar-refractivity contribution is 5.74. The van der Waals surface area contributed by atoms with Crippen molar-refractivity contribution in [3.05, 3.63) is 53.6 Å². The Kier molecular flexibility index (Phi) is 9.98. The van der Waals surface area contributed by atoms with Gasteiger partial charge in [-0.1, -0.05) is 18.2 Å². The summed E-state index contributed by atoms with van der Waals surface area (Å²) in [5, 5.41) is 7.57. The number of hydrogen-bond acceptors (Lipinski definition) is 12. The van der Waals surface area contributed by atoms with Crippen LogP contribution in [0.3, 0.4) is 0 Å². The average molecular weight is 614 g/mol. The minimum absolute atomic E-state index is 0.0838. The predicted octanol–water partition coefficient (Wildman–Crippen LogP) is 4.84. The molecule has 3 aromatic rings. The molecule has 44 heavy (non-hydrogen) atoms. The molecule has 2 aromatic carbocycles. The van der Waals surface area contributed by atoms with Crippen LogP contribution in [0.5, 0.6) is 5.75 Å². The number of nitrogens with zero attached hydrogens (tertiary/aromatic N) is 3. The molecule has 1 aromatic heterocycles. The zero-order valence-corrected chi connectivity index (χ0v) is 26.0. The summed E-state index contributed by atoms with van der Waals surface area (Å²) in [6.45, 7) is 9.97. The number of fused-ring (bicyclic) bond motifs is 1. The van der Waals surface area contributed by atoms with E-state index in [4.69, 9.17) is 33.1 Å². The van der Waals surface area contributed by atoms with Gasteiger partial charge in [0.05, 0.1) is 26.3 Å². The topological polar surface area (TPSA) is 149 Å². The first-order chi connectivity index (χ1) is 20.7. The number of aromatic nitrogens is 2. The number of amides is 1. The number of carbonyl (C=O) groups excluding carboxylic acids is 3. The van der Waals surface area contributed by atoms with Crippen molar-refractivity contribution in [2.24, 2.45) is 0 Å². The summed E-state index contributed by atoms with van der Waals surface area (Å²) >= 11 is 0. The monoisotopic (exact) mass is 613 g/mol. The zero-order valence-electron chi connectivity index (χ0n) is 26.0. The molecule has 238 valence electrons. The maximum absolute atomic E-state index is 13.4. The molecule has 0 bridgehead atoms. The summed E-state index contributed by atoms with van der Waals surface area (Å²) in [6.07, 6.45) is -3.41. The SMILES string of the molecule is COc1ccc(C[C@@H]2[C@H](OC(=O)COCc3ccc4nonc4c3)[C@@H](OC(=O)OC(C)(C)C)CN2C(=O)OC(C)(C)C)cc1. The Hall–Kier alpha value is -4.39. The highest BCUT2D eigenvalue weighted by Gasteiger charge is 2.50. The molecule has 0 aliphatic carbocycles. The van der Waals surface area contributed by atoms with Gasteiger partial charge >= 0.3 is 18.2 Å². The molecule has 0 saturated carbocycles. The first-order valence-electron chi connectivity index (χ1n) is 14.2. The third kappa shape index (κ3) is 9.06. The van der Waals surface area contributed by atoms with Gasteiger partial charge in [-0.25, -0.2) is 19.0 Å². The minimum atomic E-state index is -1.05. The fourth-order valence-electron chi connectivity index (χ4n) is 4.63. The molecule has 4 rings (SSSR count). The number of rotatable bonds is 9. The van der Waals surface area contributed by atoms with Crippen LogP contribution in [-0.4, -0.2) is 83.1 Å². The predicted molar refractivity (Wildman–Crippen MR) is 156 cm³/mol. The van der Waals surface area contributed by atoms with Crippen LogP contribution in [0, 0.1) is 0 Å². The molecular weight excluding hydrogens is 574 g/mol. The molecule has 0 spiro atoms. The fourth-order valence-corrected chi connectivity index (χ4v) is 4.63. The second-order valence-corrected chi connectivity index (χ2v) is 12.4. The molecule has 13 heteroatoms. The lowest BCUT2D eigenvalue weighted by Gasteiger charge is -2.30. The summed E-state index contributed by atoms with van der Waals surface area (Å²) in [4.78, 5) is 40.6. The quantitative estimate of drug-likeness (QED) is 0.240. The molecule has 13 nitrogen and oxygen atoms in total. The van der Waals surface area contributed by atoms with Crippen LogP contribution in [-0.2, 0) is 41.5 Å². The van der Waals surface area contributed by atoms with Crippen molar-refractivity contribution in [3.8, 4) is 5.75 Å². The van der Waals surface area contributed by atoms with Crippen LogP contribution in [0.15, 0.2) is 47.1 Å². The highest BCUT2D eigenvalue weighted by atomic mass is 16.7. The number of methoxy groups -OCH3 is 1. The molecular formula is C31H39N3O10. The number of hydrogen-bond donors (Lipinski definition) is 0. The Morgan fingerprint density at radius 2 is 1.55 bits per heavy atom. The van der Waals surface area contributed by atoms with Crippen molar-refractivity contribution in [1.82, 2.24) is 15.2 Å². The van der Waals surface area contributed by atoms with Gasteiger partial charge in [-0.15, -0.1) is 0 Å². The first-order valence-corrected chi connectivity index (χ1v) is 14.2. The van der Waals surface area contributed by atoms with Crippen molar-refractivity contribution in [2.75, 3.05) is 20.3 Å². The molecule has 2 heterocycles. The minimum Gasteiger partial charge on any atom is -0.497 e. The molecule has 1 saturated heterocycles. The van der Waals surface area contributed by atoms with Gasteiger partial charge in [0.15, 0.2) is 12.2 Å². The van der Waals surface area contributed by atoms with E-state index in [1.807, 2.05) is 12.1 Å². The lowest BCUT2D eigenvalue weighted by molar-refractivity contribution is -0.161. The number of carbonyl (C=O) groups is 3. The van der Waals surface area contributed by atoms with Crippen LogP contribution in [0.4, 0.5) is 9.59 Å². The zero-order chi connectivity index (χ0) is 32.1. The second kappa shape index (κ2) is 13.5. The summed E-state index contributed by atoms with van der Waals surface area (Å²) in [6, 6.07) is 11.8. The average Bonchev–Trinajstić information content (AvgIpc) is 3.52. The van der Waals surface area contributed by atoms with E-state index in [-0.39, 0.29) is 19.6 Å². The van der Waals surface area contributed by atoms with Gasteiger partial charge in [-0.3, -0.25) is 4.90 Å². The van der Waals surface area contributed by atoms with Crippen molar-refractivity contribution in [2.45, 2.75) is 84.0 Å². The van der Waals surface area contributed by atoms with Crippen molar-refractivity contribution >= 4 is 29.3 Å². The summed E-state index contributed by atoms with van der Waals surface area (Å²) in [5.41, 5.74) is 1.12. The molecule has 0 radical (unpaired) electrons. The van der Waals surface area contributed by atoms with Crippen molar-refractivity contribution < 1.29 is 47.4 Å². The van der Waals surface area contributed by atoms with Crippen LogP contribution in [0.1, 0.15) is 52.7 Å². The molecule has 0 N–H and O–H groups in total. The van der Waals surface area contributed by atoms with Gasteiger partial charge in [-0.2, -0.15) is 0 Å². The van der Waals surface area contributed by atoms with E-state index in [0.717, 1.165) is 11.1 Å². The number of esters is 1.